The first-order chi connectivity index (χ1) is 10.2. The monoisotopic (exact) mass is 353 g/mol. The standard InChI is InChI=1S/C17H24BrNO2/c1-3-6-19-16(14-5-8-20-11(14)2)15-10-13(18)9-12-4-7-21-17(12)15/h9-11,14,16,19H,3-8H2,1-2H3. The summed E-state index contributed by atoms with van der Waals surface area (Å²) >= 11 is 3.66. The van der Waals surface area contributed by atoms with E-state index in [0.717, 1.165) is 49.2 Å². The molecule has 116 valence electrons. The van der Waals surface area contributed by atoms with Gasteiger partial charge >= 0.3 is 0 Å². The smallest absolute Gasteiger partial charge is 0.127 e. The summed E-state index contributed by atoms with van der Waals surface area (Å²) in [6.07, 6.45) is 3.56. The van der Waals surface area contributed by atoms with Gasteiger partial charge in [0.2, 0.25) is 0 Å². The third-order valence-corrected chi connectivity index (χ3v) is 5.05. The minimum absolute atomic E-state index is 0.301. The largest absolute Gasteiger partial charge is 0.493 e. The Bertz CT molecular complexity index is 506. The van der Waals surface area contributed by atoms with Gasteiger partial charge in [0.05, 0.1) is 12.7 Å². The molecule has 3 unspecified atom stereocenters. The van der Waals surface area contributed by atoms with Crippen molar-refractivity contribution in [2.45, 2.75) is 45.3 Å². The zero-order valence-electron chi connectivity index (χ0n) is 12.8. The normalized spacial score (nSPS) is 25.7. The van der Waals surface area contributed by atoms with Crippen molar-refractivity contribution >= 4 is 15.9 Å². The van der Waals surface area contributed by atoms with Gasteiger partial charge in [0, 0.05) is 35.0 Å². The number of halogens is 1. The van der Waals surface area contributed by atoms with Crippen molar-refractivity contribution in [3.05, 3.63) is 27.7 Å². The molecule has 1 aromatic rings. The van der Waals surface area contributed by atoms with E-state index >= 15 is 0 Å². The average Bonchev–Trinajstić information content (AvgIpc) is 3.08. The Hall–Kier alpha value is -0.580. The highest BCUT2D eigenvalue weighted by Gasteiger charge is 2.35. The predicted molar refractivity (Wildman–Crippen MR) is 87.9 cm³/mol. The van der Waals surface area contributed by atoms with Crippen LogP contribution in [0.2, 0.25) is 0 Å². The van der Waals surface area contributed by atoms with Crippen LogP contribution in [-0.2, 0) is 11.2 Å². The Morgan fingerprint density at radius 3 is 2.95 bits per heavy atom. The van der Waals surface area contributed by atoms with Gasteiger partial charge in [-0.2, -0.15) is 0 Å². The number of hydrogen-bond acceptors (Lipinski definition) is 3. The van der Waals surface area contributed by atoms with E-state index in [1.165, 1.54) is 11.1 Å². The molecule has 0 amide bonds. The fraction of sp³-hybridized carbons (Fsp3) is 0.647. The SMILES string of the molecule is CCCNC(c1cc(Br)cc2c1OCC2)C1CCOC1C. The van der Waals surface area contributed by atoms with E-state index in [1.54, 1.807) is 0 Å². The molecule has 0 spiro atoms. The molecule has 3 rings (SSSR count). The molecule has 1 aromatic carbocycles. The molecule has 2 aliphatic heterocycles. The van der Waals surface area contributed by atoms with Crippen molar-refractivity contribution in [2.24, 2.45) is 5.92 Å². The van der Waals surface area contributed by atoms with Crippen molar-refractivity contribution in [3.63, 3.8) is 0 Å². The quantitative estimate of drug-likeness (QED) is 0.871. The first-order valence-electron chi connectivity index (χ1n) is 8.00. The third-order valence-electron chi connectivity index (χ3n) is 4.59. The zero-order chi connectivity index (χ0) is 14.8. The lowest BCUT2D eigenvalue weighted by Crippen LogP contribution is -2.32. The Labute approximate surface area is 135 Å². The van der Waals surface area contributed by atoms with E-state index < -0.39 is 0 Å². The Morgan fingerprint density at radius 1 is 1.38 bits per heavy atom. The second-order valence-electron chi connectivity index (χ2n) is 6.04. The molecule has 2 heterocycles. The van der Waals surface area contributed by atoms with Crippen molar-refractivity contribution in [3.8, 4) is 5.75 Å². The molecule has 3 atom stereocenters. The van der Waals surface area contributed by atoms with Gasteiger partial charge < -0.3 is 14.8 Å². The van der Waals surface area contributed by atoms with Gasteiger partial charge in [-0.05, 0) is 44.0 Å². The summed E-state index contributed by atoms with van der Waals surface area (Å²) in [6.45, 7) is 7.09. The van der Waals surface area contributed by atoms with E-state index in [-0.39, 0.29) is 0 Å². The topological polar surface area (TPSA) is 30.5 Å². The van der Waals surface area contributed by atoms with Gasteiger partial charge in [-0.1, -0.05) is 22.9 Å². The van der Waals surface area contributed by atoms with Gasteiger partial charge in [0.25, 0.3) is 0 Å². The molecule has 0 aliphatic carbocycles. The number of rotatable bonds is 5. The number of ether oxygens (including phenoxy) is 2. The van der Waals surface area contributed by atoms with Crippen LogP contribution in [0.15, 0.2) is 16.6 Å². The van der Waals surface area contributed by atoms with Crippen LogP contribution in [0, 0.1) is 5.92 Å². The molecule has 0 saturated carbocycles. The molecule has 4 heteroatoms. The molecule has 0 aromatic heterocycles. The maximum Gasteiger partial charge on any atom is 0.127 e. The lowest BCUT2D eigenvalue weighted by atomic mass is 9.87. The van der Waals surface area contributed by atoms with Crippen LogP contribution >= 0.6 is 15.9 Å². The third kappa shape index (κ3) is 3.13. The fourth-order valence-corrected chi connectivity index (χ4v) is 4.03. The van der Waals surface area contributed by atoms with Gasteiger partial charge in [0.15, 0.2) is 0 Å². The fourth-order valence-electron chi connectivity index (χ4n) is 3.51. The van der Waals surface area contributed by atoms with Crippen LogP contribution in [0.4, 0.5) is 0 Å². The minimum Gasteiger partial charge on any atom is -0.493 e. The summed E-state index contributed by atoms with van der Waals surface area (Å²) in [5.41, 5.74) is 2.63. The highest BCUT2D eigenvalue weighted by Crippen LogP contribution is 2.42. The first-order valence-corrected chi connectivity index (χ1v) is 8.80. The summed E-state index contributed by atoms with van der Waals surface area (Å²) in [5, 5.41) is 3.73. The van der Waals surface area contributed by atoms with Gasteiger partial charge in [0.1, 0.15) is 5.75 Å². The summed E-state index contributed by atoms with van der Waals surface area (Å²) in [6, 6.07) is 4.73. The summed E-state index contributed by atoms with van der Waals surface area (Å²) in [5.74, 6) is 1.62. The molecule has 2 aliphatic rings. The minimum atomic E-state index is 0.301. The van der Waals surface area contributed by atoms with Gasteiger partial charge in [-0.25, -0.2) is 0 Å². The van der Waals surface area contributed by atoms with E-state index in [0.29, 0.717) is 18.1 Å². The van der Waals surface area contributed by atoms with E-state index in [4.69, 9.17) is 9.47 Å². The maximum absolute atomic E-state index is 5.94. The average molecular weight is 354 g/mol. The second kappa shape index (κ2) is 6.67. The van der Waals surface area contributed by atoms with E-state index in [1.807, 2.05) is 0 Å². The Morgan fingerprint density at radius 2 is 2.24 bits per heavy atom. The lowest BCUT2D eigenvalue weighted by molar-refractivity contribution is 0.0950. The maximum atomic E-state index is 5.94. The lowest BCUT2D eigenvalue weighted by Gasteiger charge is -2.29. The van der Waals surface area contributed by atoms with Crippen LogP contribution < -0.4 is 10.1 Å². The number of nitrogens with one attached hydrogen (secondary N) is 1. The number of fused-ring (bicyclic) bond motifs is 1. The molecular weight excluding hydrogens is 330 g/mol. The van der Waals surface area contributed by atoms with E-state index in [2.05, 4.69) is 47.2 Å². The zero-order valence-corrected chi connectivity index (χ0v) is 14.4. The molecule has 1 saturated heterocycles. The predicted octanol–water partition coefficient (Wildman–Crippen LogP) is 3.85. The van der Waals surface area contributed by atoms with E-state index in [9.17, 15) is 0 Å². The summed E-state index contributed by atoms with van der Waals surface area (Å²) in [7, 11) is 0. The van der Waals surface area contributed by atoms with Crippen LogP contribution in [0.1, 0.15) is 43.9 Å². The van der Waals surface area contributed by atoms with Crippen LogP contribution in [0.5, 0.6) is 5.75 Å². The molecule has 1 fully saturated rings. The molecule has 0 radical (unpaired) electrons. The molecule has 1 N–H and O–H groups in total. The van der Waals surface area contributed by atoms with Crippen molar-refractivity contribution < 1.29 is 9.47 Å². The van der Waals surface area contributed by atoms with Crippen molar-refractivity contribution in [1.82, 2.24) is 5.32 Å². The highest BCUT2D eigenvalue weighted by molar-refractivity contribution is 9.10. The molecular formula is C17H24BrNO2. The van der Waals surface area contributed by atoms with Gasteiger partial charge in [-0.15, -0.1) is 0 Å². The number of benzene rings is 1. The Balaban J connectivity index is 1.96. The first kappa shape index (κ1) is 15.3. The Kier molecular flexibility index (Phi) is 4.87. The van der Waals surface area contributed by atoms with Crippen molar-refractivity contribution in [1.29, 1.82) is 0 Å². The van der Waals surface area contributed by atoms with Crippen molar-refractivity contribution in [2.75, 3.05) is 19.8 Å². The van der Waals surface area contributed by atoms with Gasteiger partial charge in [-0.3, -0.25) is 0 Å². The van der Waals surface area contributed by atoms with Crippen LogP contribution in [0.25, 0.3) is 0 Å². The second-order valence-corrected chi connectivity index (χ2v) is 6.96. The summed E-state index contributed by atoms with van der Waals surface area (Å²) in [4.78, 5) is 0. The highest BCUT2D eigenvalue weighted by atomic mass is 79.9. The van der Waals surface area contributed by atoms with Crippen LogP contribution in [-0.4, -0.2) is 25.9 Å². The molecule has 3 nitrogen and oxygen atoms in total. The summed E-state index contributed by atoms with van der Waals surface area (Å²) < 4.78 is 12.9. The molecule has 0 bridgehead atoms. The van der Waals surface area contributed by atoms with Crippen LogP contribution in [0.3, 0.4) is 0 Å². The number of hydrogen-bond donors (Lipinski definition) is 1. The molecule has 21 heavy (non-hydrogen) atoms.